The Morgan fingerprint density at radius 3 is 2.60 bits per heavy atom. The molecular formula is C16H11FO3. The third kappa shape index (κ3) is 1.86. The molecular weight excluding hydrogens is 259 g/mol. The first-order valence-electron chi connectivity index (χ1n) is 6.09. The van der Waals surface area contributed by atoms with Crippen molar-refractivity contribution in [3.63, 3.8) is 0 Å². The van der Waals surface area contributed by atoms with E-state index < -0.39 is 11.4 Å². The maximum Gasteiger partial charge on any atom is 0.336 e. The van der Waals surface area contributed by atoms with Crippen LogP contribution in [0.3, 0.4) is 0 Å². The highest BCUT2D eigenvalue weighted by Gasteiger charge is 2.14. The zero-order valence-electron chi connectivity index (χ0n) is 10.7. The van der Waals surface area contributed by atoms with Gasteiger partial charge in [0.1, 0.15) is 17.1 Å². The summed E-state index contributed by atoms with van der Waals surface area (Å²) in [4.78, 5) is 11.7. The van der Waals surface area contributed by atoms with Crippen LogP contribution in [0, 0.1) is 12.7 Å². The van der Waals surface area contributed by atoms with Gasteiger partial charge in [0, 0.05) is 28.1 Å². The number of hydrogen-bond acceptors (Lipinski definition) is 3. The first-order valence-corrected chi connectivity index (χ1v) is 6.09. The lowest BCUT2D eigenvalue weighted by molar-refractivity contribution is 0.468. The first kappa shape index (κ1) is 12.4. The van der Waals surface area contributed by atoms with Gasteiger partial charge in [0.05, 0.1) is 0 Å². The van der Waals surface area contributed by atoms with Crippen LogP contribution in [-0.4, -0.2) is 5.11 Å². The minimum absolute atomic E-state index is 0.0336. The molecule has 3 rings (SSSR count). The number of phenols is 1. The number of rotatable bonds is 1. The van der Waals surface area contributed by atoms with Crippen LogP contribution in [-0.2, 0) is 0 Å². The van der Waals surface area contributed by atoms with Gasteiger partial charge < -0.3 is 9.52 Å². The minimum Gasteiger partial charge on any atom is -0.508 e. The Morgan fingerprint density at radius 1 is 1.10 bits per heavy atom. The smallest absolute Gasteiger partial charge is 0.336 e. The topological polar surface area (TPSA) is 50.4 Å². The molecule has 20 heavy (non-hydrogen) atoms. The van der Waals surface area contributed by atoms with Crippen LogP contribution in [0.1, 0.15) is 5.56 Å². The Labute approximate surface area is 113 Å². The van der Waals surface area contributed by atoms with E-state index in [0.717, 1.165) is 0 Å². The van der Waals surface area contributed by atoms with E-state index in [0.29, 0.717) is 22.1 Å². The average molecular weight is 270 g/mol. The van der Waals surface area contributed by atoms with Gasteiger partial charge in [0.15, 0.2) is 0 Å². The van der Waals surface area contributed by atoms with Gasteiger partial charge in [-0.1, -0.05) is 18.2 Å². The quantitative estimate of drug-likeness (QED) is 0.687. The molecule has 0 saturated carbocycles. The number of benzene rings is 2. The second-order valence-electron chi connectivity index (χ2n) is 4.55. The SMILES string of the molecule is Cc1c(O)ccc2c(-c3ccccc3F)cc(=O)oc12. The van der Waals surface area contributed by atoms with Crippen LogP contribution in [0.15, 0.2) is 51.7 Å². The van der Waals surface area contributed by atoms with Crippen molar-refractivity contribution < 1.29 is 13.9 Å². The van der Waals surface area contributed by atoms with Crippen LogP contribution in [0.25, 0.3) is 22.1 Å². The molecule has 1 aromatic heterocycles. The van der Waals surface area contributed by atoms with Gasteiger partial charge in [-0.3, -0.25) is 0 Å². The highest BCUT2D eigenvalue weighted by Crippen LogP contribution is 2.33. The van der Waals surface area contributed by atoms with Crippen molar-refractivity contribution in [3.8, 4) is 16.9 Å². The Kier molecular flexibility index (Phi) is 2.79. The molecule has 100 valence electrons. The molecule has 1 N–H and O–H groups in total. The molecule has 2 aromatic carbocycles. The second kappa shape index (κ2) is 4.49. The van der Waals surface area contributed by atoms with Gasteiger partial charge in [0.2, 0.25) is 0 Å². The summed E-state index contributed by atoms with van der Waals surface area (Å²) in [5.41, 5.74) is 0.936. The number of halogens is 1. The van der Waals surface area contributed by atoms with Crippen LogP contribution in [0.2, 0.25) is 0 Å². The van der Waals surface area contributed by atoms with E-state index in [1.807, 2.05) is 0 Å². The molecule has 0 aliphatic rings. The van der Waals surface area contributed by atoms with Gasteiger partial charge in [-0.25, -0.2) is 9.18 Å². The van der Waals surface area contributed by atoms with E-state index in [1.165, 1.54) is 18.2 Å². The fourth-order valence-electron chi connectivity index (χ4n) is 2.25. The lowest BCUT2D eigenvalue weighted by atomic mass is 10.00. The highest BCUT2D eigenvalue weighted by atomic mass is 19.1. The van der Waals surface area contributed by atoms with Gasteiger partial charge in [-0.2, -0.15) is 0 Å². The summed E-state index contributed by atoms with van der Waals surface area (Å²) in [7, 11) is 0. The Balaban J connectivity index is 2.46. The summed E-state index contributed by atoms with van der Waals surface area (Å²) in [6.07, 6.45) is 0. The Bertz CT molecular complexity index is 865. The minimum atomic E-state index is -0.579. The van der Waals surface area contributed by atoms with E-state index in [4.69, 9.17) is 4.42 Å². The zero-order chi connectivity index (χ0) is 14.3. The lowest BCUT2D eigenvalue weighted by Gasteiger charge is -2.09. The molecule has 0 amide bonds. The van der Waals surface area contributed by atoms with E-state index in [1.54, 1.807) is 31.2 Å². The first-order chi connectivity index (χ1) is 9.58. The molecule has 0 saturated heterocycles. The van der Waals surface area contributed by atoms with E-state index in [2.05, 4.69) is 0 Å². The van der Waals surface area contributed by atoms with Crippen molar-refractivity contribution in [2.45, 2.75) is 6.92 Å². The monoisotopic (exact) mass is 270 g/mol. The molecule has 0 aliphatic heterocycles. The van der Waals surface area contributed by atoms with E-state index in [9.17, 15) is 14.3 Å². The molecule has 0 aliphatic carbocycles. The molecule has 4 heteroatoms. The Morgan fingerprint density at radius 2 is 1.85 bits per heavy atom. The predicted molar refractivity (Wildman–Crippen MR) is 74.3 cm³/mol. The van der Waals surface area contributed by atoms with E-state index in [-0.39, 0.29) is 11.3 Å². The molecule has 0 bridgehead atoms. The average Bonchev–Trinajstić information content (AvgIpc) is 2.43. The Hall–Kier alpha value is -2.62. The molecule has 1 heterocycles. The van der Waals surface area contributed by atoms with Crippen molar-refractivity contribution in [1.82, 2.24) is 0 Å². The highest BCUT2D eigenvalue weighted by molar-refractivity contribution is 5.95. The number of aryl methyl sites for hydroxylation is 1. The van der Waals surface area contributed by atoms with Crippen molar-refractivity contribution >= 4 is 11.0 Å². The van der Waals surface area contributed by atoms with Gasteiger partial charge in [0.25, 0.3) is 0 Å². The number of hydrogen-bond donors (Lipinski definition) is 1. The summed E-state index contributed by atoms with van der Waals surface area (Å²) in [5, 5.41) is 10.3. The fraction of sp³-hybridized carbons (Fsp3) is 0.0625. The van der Waals surface area contributed by atoms with Crippen molar-refractivity contribution in [3.05, 3.63) is 64.3 Å². The maximum atomic E-state index is 13.9. The summed E-state index contributed by atoms with van der Waals surface area (Å²) in [6.45, 7) is 1.64. The molecule has 0 atom stereocenters. The van der Waals surface area contributed by atoms with Crippen molar-refractivity contribution in [2.75, 3.05) is 0 Å². The molecule has 0 spiro atoms. The predicted octanol–water partition coefficient (Wildman–Crippen LogP) is 3.61. The zero-order valence-corrected chi connectivity index (χ0v) is 10.7. The third-order valence-corrected chi connectivity index (χ3v) is 3.30. The van der Waals surface area contributed by atoms with Crippen LogP contribution < -0.4 is 5.63 Å². The standard InChI is InChI=1S/C16H11FO3/c1-9-14(18)7-6-11-12(8-15(19)20-16(9)11)10-4-2-3-5-13(10)17/h2-8,18H,1H3. The summed E-state index contributed by atoms with van der Waals surface area (Å²) < 4.78 is 19.1. The lowest BCUT2D eigenvalue weighted by Crippen LogP contribution is -2.00. The number of aromatic hydroxyl groups is 1. The fourth-order valence-corrected chi connectivity index (χ4v) is 2.25. The van der Waals surface area contributed by atoms with Crippen LogP contribution in [0.4, 0.5) is 4.39 Å². The van der Waals surface area contributed by atoms with Gasteiger partial charge in [-0.05, 0) is 25.1 Å². The largest absolute Gasteiger partial charge is 0.508 e. The van der Waals surface area contributed by atoms with Crippen LogP contribution >= 0.6 is 0 Å². The number of fused-ring (bicyclic) bond motifs is 1. The van der Waals surface area contributed by atoms with Gasteiger partial charge >= 0.3 is 5.63 Å². The number of phenolic OH excluding ortho intramolecular Hbond substituents is 1. The van der Waals surface area contributed by atoms with E-state index >= 15 is 0 Å². The molecule has 3 aromatic rings. The maximum absolute atomic E-state index is 13.9. The molecule has 0 unspecified atom stereocenters. The van der Waals surface area contributed by atoms with Crippen molar-refractivity contribution in [1.29, 1.82) is 0 Å². The summed E-state index contributed by atoms with van der Waals surface area (Å²) >= 11 is 0. The third-order valence-electron chi connectivity index (χ3n) is 3.30. The summed E-state index contributed by atoms with van der Waals surface area (Å²) in [5.74, 6) is -0.378. The van der Waals surface area contributed by atoms with Crippen LogP contribution in [0.5, 0.6) is 5.75 Å². The molecule has 3 nitrogen and oxygen atoms in total. The molecule has 0 fully saturated rings. The normalized spacial score (nSPS) is 10.9. The van der Waals surface area contributed by atoms with Gasteiger partial charge in [-0.15, -0.1) is 0 Å². The summed E-state index contributed by atoms with van der Waals surface area (Å²) in [6, 6.07) is 10.6. The molecule has 0 radical (unpaired) electrons. The second-order valence-corrected chi connectivity index (χ2v) is 4.55. The van der Waals surface area contributed by atoms with Crippen molar-refractivity contribution in [2.24, 2.45) is 0 Å².